The highest BCUT2D eigenvalue weighted by molar-refractivity contribution is 6.32. The van der Waals surface area contributed by atoms with Gasteiger partial charge in [-0.25, -0.2) is 0 Å². The van der Waals surface area contributed by atoms with Gasteiger partial charge < -0.3 is 15.7 Å². The number of nitrogens with one attached hydrogen (secondary N) is 2. The average Bonchev–Trinajstić information content (AvgIpc) is 2.94. The maximum absolute atomic E-state index is 12.0. The minimum Gasteiger partial charge on any atom is -0.506 e. The molecule has 6 heteroatoms. The molecule has 1 atom stereocenters. The summed E-state index contributed by atoms with van der Waals surface area (Å²) in [6, 6.07) is 3.78. The molecule has 0 saturated heterocycles. The van der Waals surface area contributed by atoms with Gasteiger partial charge in [0.1, 0.15) is 11.8 Å². The molecule has 5 nitrogen and oxygen atoms in total. The lowest BCUT2D eigenvalue weighted by atomic mass is 10.1. The van der Waals surface area contributed by atoms with Crippen molar-refractivity contribution < 1.29 is 14.7 Å². The van der Waals surface area contributed by atoms with Crippen LogP contribution in [0.2, 0.25) is 5.02 Å². The number of carbonyl (C=O) groups excluding carboxylic acids is 2. The van der Waals surface area contributed by atoms with Crippen LogP contribution in [0.5, 0.6) is 5.75 Å². The minimum atomic E-state index is -0.620. The second kappa shape index (κ2) is 6.80. The van der Waals surface area contributed by atoms with Crippen molar-refractivity contribution in [2.75, 3.05) is 0 Å². The van der Waals surface area contributed by atoms with Gasteiger partial charge in [-0.15, -0.1) is 0 Å². The van der Waals surface area contributed by atoms with Crippen LogP contribution in [0.3, 0.4) is 0 Å². The molecule has 2 amide bonds. The van der Waals surface area contributed by atoms with Gasteiger partial charge >= 0.3 is 0 Å². The molecule has 1 aromatic carbocycles. The monoisotopic (exact) mass is 310 g/mol. The van der Waals surface area contributed by atoms with E-state index in [4.69, 9.17) is 11.6 Å². The van der Waals surface area contributed by atoms with Crippen LogP contribution < -0.4 is 10.6 Å². The summed E-state index contributed by atoms with van der Waals surface area (Å²) >= 11 is 5.76. The van der Waals surface area contributed by atoms with Crippen molar-refractivity contribution in [2.45, 2.75) is 44.7 Å². The number of rotatable bonds is 4. The lowest BCUT2D eigenvalue weighted by Crippen LogP contribution is -2.47. The molecule has 1 aliphatic carbocycles. The van der Waals surface area contributed by atoms with Crippen molar-refractivity contribution in [3.63, 3.8) is 0 Å². The number of halogens is 1. The zero-order valence-corrected chi connectivity index (χ0v) is 12.6. The fraction of sp³-hybridized carbons (Fsp3) is 0.467. The molecule has 3 N–H and O–H groups in total. The smallest absolute Gasteiger partial charge is 0.251 e. The maximum atomic E-state index is 12.0. The van der Waals surface area contributed by atoms with Crippen molar-refractivity contribution in [2.24, 2.45) is 0 Å². The highest BCUT2D eigenvalue weighted by atomic mass is 35.5. The Morgan fingerprint density at radius 1 is 1.33 bits per heavy atom. The molecule has 0 unspecified atom stereocenters. The summed E-state index contributed by atoms with van der Waals surface area (Å²) in [6.45, 7) is 1.64. The van der Waals surface area contributed by atoms with Crippen molar-refractivity contribution >= 4 is 23.4 Å². The molecule has 1 saturated carbocycles. The quantitative estimate of drug-likeness (QED) is 0.798. The van der Waals surface area contributed by atoms with E-state index in [1.807, 2.05) is 0 Å². The number of hydrogen-bond donors (Lipinski definition) is 3. The molecule has 0 heterocycles. The van der Waals surface area contributed by atoms with Crippen LogP contribution in [0.4, 0.5) is 0 Å². The zero-order valence-electron chi connectivity index (χ0n) is 11.9. The number of phenols is 1. The first-order valence-corrected chi connectivity index (χ1v) is 7.45. The molecule has 21 heavy (non-hydrogen) atoms. The molecule has 114 valence electrons. The molecular formula is C15H19ClN2O3. The van der Waals surface area contributed by atoms with Gasteiger partial charge in [0.15, 0.2) is 0 Å². The largest absolute Gasteiger partial charge is 0.506 e. The van der Waals surface area contributed by atoms with E-state index >= 15 is 0 Å². The van der Waals surface area contributed by atoms with Crippen molar-refractivity contribution in [1.29, 1.82) is 0 Å². The second-order valence-corrected chi connectivity index (χ2v) is 5.76. The highest BCUT2D eigenvalue weighted by Crippen LogP contribution is 2.23. The van der Waals surface area contributed by atoms with Gasteiger partial charge in [-0.05, 0) is 38.0 Å². The van der Waals surface area contributed by atoms with E-state index in [1.54, 1.807) is 6.92 Å². The van der Waals surface area contributed by atoms with Crippen LogP contribution in [0.15, 0.2) is 18.2 Å². The Labute approximate surface area is 128 Å². The lowest BCUT2D eigenvalue weighted by Gasteiger charge is -2.17. The fourth-order valence-electron chi connectivity index (χ4n) is 2.39. The zero-order chi connectivity index (χ0) is 15.4. The van der Waals surface area contributed by atoms with Gasteiger partial charge in [-0.3, -0.25) is 9.59 Å². The molecule has 0 radical (unpaired) electrons. The van der Waals surface area contributed by atoms with Crippen LogP contribution in [0.25, 0.3) is 0 Å². The number of hydrogen-bond acceptors (Lipinski definition) is 3. The average molecular weight is 311 g/mol. The van der Waals surface area contributed by atoms with Crippen LogP contribution in [-0.2, 0) is 4.79 Å². The van der Waals surface area contributed by atoms with Gasteiger partial charge in [0.2, 0.25) is 5.91 Å². The number of aromatic hydroxyl groups is 1. The van der Waals surface area contributed by atoms with Crippen molar-refractivity contribution in [1.82, 2.24) is 10.6 Å². The van der Waals surface area contributed by atoms with E-state index in [-0.39, 0.29) is 22.7 Å². The predicted octanol–water partition coefficient (Wildman–Crippen LogP) is 2.22. The highest BCUT2D eigenvalue weighted by Gasteiger charge is 2.22. The molecule has 0 aromatic heterocycles. The summed E-state index contributed by atoms with van der Waals surface area (Å²) in [5, 5.41) is 15.0. The Hall–Kier alpha value is -1.75. The number of amides is 2. The van der Waals surface area contributed by atoms with E-state index < -0.39 is 11.9 Å². The van der Waals surface area contributed by atoms with Crippen LogP contribution in [0, 0.1) is 0 Å². The Morgan fingerprint density at radius 2 is 2.00 bits per heavy atom. The third-order valence-corrected chi connectivity index (χ3v) is 3.96. The van der Waals surface area contributed by atoms with Gasteiger partial charge in [0.25, 0.3) is 5.91 Å². The predicted molar refractivity (Wildman–Crippen MR) is 80.4 cm³/mol. The Balaban J connectivity index is 1.91. The molecule has 1 aliphatic rings. The van der Waals surface area contributed by atoms with Gasteiger partial charge in [-0.1, -0.05) is 24.4 Å². The van der Waals surface area contributed by atoms with E-state index in [0.717, 1.165) is 25.7 Å². The lowest BCUT2D eigenvalue weighted by molar-refractivity contribution is -0.123. The van der Waals surface area contributed by atoms with Crippen LogP contribution in [-0.4, -0.2) is 29.0 Å². The maximum Gasteiger partial charge on any atom is 0.251 e. The molecule has 0 bridgehead atoms. The van der Waals surface area contributed by atoms with Gasteiger partial charge in [-0.2, -0.15) is 0 Å². The molecule has 0 aliphatic heterocycles. The Bertz CT molecular complexity index is 542. The minimum absolute atomic E-state index is 0.0831. The number of phenolic OH excluding ortho intramolecular Hbond substituents is 1. The van der Waals surface area contributed by atoms with E-state index in [9.17, 15) is 14.7 Å². The SMILES string of the molecule is C[C@H](NC(=O)c1ccc(O)c(Cl)c1)C(=O)NC1CCCC1. The summed E-state index contributed by atoms with van der Waals surface area (Å²) in [5.74, 6) is -0.661. The molecular weight excluding hydrogens is 292 g/mol. The Morgan fingerprint density at radius 3 is 2.62 bits per heavy atom. The molecule has 0 spiro atoms. The fourth-order valence-corrected chi connectivity index (χ4v) is 2.57. The summed E-state index contributed by atoms with van der Waals surface area (Å²) in [4.78, 5) is 24.0. The van der Waals surface area contributed by atoms with Crippen LogP contribution in [0.1, 0.15) is 43.0 Å². The Kier molecular flexibility index (Phi) is 5.07. The first-order valence-electron chi connectivity index (χ1n) is 7.07. The van der Waals surface area contributed by atoms with Gasteiger partial charge in [0.05, 0.1) is 5.02 Å². The number of benzene rings is 1. The first-order chi connectivity index (χ1) is 9.97. The van der Waals surface area contributed by atoms with E-state index in [1.165, 1.54) is 18.2 Å². The molecule has 2 rings (SSSR count). The number of carbonyl (C=O) groups is 2. The summed E-state index contributed by atoms with van der Waals surface area (Å²) in [5.41, 5.74) is 0.304. The second-order valence-electron chi connectivity index (χ2n) is 5.35. The standard InChI is InChI=1S/C15H19ClN2O3/c1-9(14(20)18-11-4-2-3-5-11)17-15(21)10-6-7-13(19)12(16)8-10/h6-9,11,19H,2-5H2,1H3,(H,17,21)(H,18,20)/t9-/m0/s1. The van der Waals surface area contributed by atoms with E-state index in [0.29, 0.717) is 5.56 Å². The molecule has 1 aromatic rings. The van der Waals surface area contributed by atoms with E-state index in [2.05, 4.69) is 10.6 Å². The summed E-state index contributed by atoms with van der Waals surface area (Å²) in [6.07, 6.45) is 4.27. The third-order valence-electron chi connectivity index (χ3n) is 3.65. The summed E-state index contributed by atoms with van der Waals surface area (Å²) < 4.78 is 0. The first kappa shape index (κ1) is 15.6. The normalized spacial score (nSPS) is 16.5. The molecule has 1 fully saturated rings. The van der Waals surface area contributed by atoms with Crippen molar-refractivity contribution in [3.8, 4) is 5.75 Å². The van der Waals surface area contributed by atoms with Crippen LogP contribution >= 0.6 is 11.6 Å². The van der Waals surface area contributed by atoms with Crippen molar-refractivity contribution in [3.05, 3.63) is 28.8 Å². The van der Waals surface area contributed by atoms with Gasteiger partial charge in [0, 0.05) is 11.6 Å². The third kappa shape index (κ3) is 4.11. The topological polar surface area (TPSA) is 78.4 Å². The summed E-state index contributed by atoms with van der Waals surface area (Å²) in [7, 11) is 0.